The van der Waals surface area contributed by atoms with E-state index in [2.05, 4.69) is 72.7 Å². The molecular formula is C26H36N2. The molecule has 2 fully saturated rings. The summed E-state index contributed by atoms with van der Waals surface area (Å²) in [6.45, 7) is 5.74. The molecule has 2 nitrogen and oxygen atoms in total. The molecule has 0 unspecified atom stereocenters. The molecule has 1 aliphatic heterocycles. The van der Waals surface area contributed by atoms with Crippen molar-refractivity contribution in [2.24, 2.45) is 5.92 Å². The van der Waals surface area contributed by atoms with Crippen molar-refractivity contribution >= 4 is 0 Å². The summed E-state index contributed by atoms with van der Waals surface area (Å²) in [5.74, 6) is 0.854. The van der Waals surface area contributed by atoms with Crippen molar-refractivity contribution in [1.29, 1.82) is 0 Å². The van der Waals surface area contributed by atoms with Crippen LogP contribution < -0.4 is 5.32 Å². The average molecular weight is 377 g/mol. The first-order chi connectivity index (χ1) is 13.6. The van der Waals surface area contributed by atoms with E-state index in [9.17, 15) is 0 Å². The summed E-state index contributed by atoms with van der Waals surface area (Å²) in [6, 6.07) is 18.3. The number of benzene rings is 2. The first kappa shape index (κ1) is 19.7. The Morgan fingerprint density at radius 3 is 2.43 bits per heavy atom. The standard InChI is InChI=1S/C26H36N2/c1-21-8-3-4-11-25(21)26(14-5-6-15-26)27-20-24-10-7-9-23(19-24)18-22-12-16-28(2)17-13-22/h3-4,7-11,19,22,27H,5-6,12-18,20H2,1-2H3. The van der Waals surface area contributed by atoms with Crippen LogP contribution in [0.25, 0.3) is 0 Å². The largest absolute Gasteiger partial charge is 0.306 e. The monoisotopic (exact) mass is 376 g/mol. The number of aryl methyl sites for hydroxylation is 1. The van der Waals surface area contributed by atoms with Gasteiger partial charge in [-0.1, -0.05) is 61.4 Å². The van der Waals surface area contributed by atoms with Gasteiger partial charge in [0.2, 0.25) is 0 Å². The van der Waals surface area contributed by atoms with Crippen molar-refractivity contribution in [3.8, 4) is 0 Å². The Kier molecular flexibility index (Phi) is 6.18. The Bertz CT molecular complexity index is 768. The molecule has 0 spiro atoms. The molecule has 2 heteroatoms. The van der Waals surface area contributed by atoms with Crippen molar-refractivity contribution in [3.05, 3.63) is 70.8 Å². The van der Waals surface area contributed by atoms with E-state index >= 15 is 0 Å². The molecular weight excluding hydrogens is 340 g/mol. The molecule has 4 rings (SSSR count). The lowest BCUT2D eigenvalue weighted by molar-refractivity contribution is 0.219. The molecule has 28 heavy (non-hydrogen) atoms. The minimum atomic E-state index is 0.162. The lowest BCUT2D eigenvalue weighted by Gasteiger charge is -2.33. The molecule has 2 aliphatic rings. The molecule has 0 aromatic heterocycles. The highest BCUT2D eigenvalue weighted by molar-refractivity contribution is 5.34. The van der Waals surface area contributed by atoms with Gasteiger partial charge in [-0.05, 0) is 87.3 Å². The first-order valence-electron chi connectivity index (χ1n) is 11.2. The van der Waals surface area contributed by atoms with Crippen LogP contribution in [0.3, 0.4) is 0 Å². The van der Waals surface area contributed by atoms with Crippen molar-refractivity contribution in [2.45, 2.75) is 64.0 Å². The van der Waals surface area contributed by atoms with Crippen molar-refractivity contribution < 1.29 is 0 Å². The van der Waals surface area contributed by atoms with Gasteiger partial charge in [0.25, 0.3) is 0 Å². The predicted molar refractivity (Wildman–Crippen MR) is 119 cm³/mol. The van der Waals surface area contributed by atoms with Crippen LogP contribution in [-0.2, 0) is 18.5 Å². The van der Waals surface area contributed by atoms with Gasteiger partial charge >= 0.3 is 0 Å². The number of likely N-dealkylation sites (tertiary alicyclic amines) is 1. The summed E-state index contributed by atoms with van der Waals surface area (Å²) >= 11 is 0. The Balaban J connectivity index is 1.43. The molecule has 2 aromatic carbocycles. The fraction of sp³-hybridized carbons (Fsp3) is 0.538. The fourth-order valence-electron chi connectivity index (χ4n) is 5.37. The Labute approximate surface area is 171 Å². The smallest absolute Gasteiger partial charge is 0.0439 e. The molecule has 1 saturated carbocycles. The van der Waals surface area contributed by atoms with Gasteiger partial charge in [-0.2, -0.15) is 0 Å². The van der Waals surface area contributed by atoms with Gasteiger partial charge in [0, 0.05) is 12.1 Å². The van der Waals surface area contributed by atoms with Crippen molar-refractivity contribution in [2.75, 3.05) is 20.1 Å². The van der Waals surface area contributed by atoms with Crippen LogP contribution in [0, 0.1) is 12.8 Å². The zero-order valence-electron chi connectivity index (χ0n) is 17.7. The minimum absolute atomic E-state index is 0.162. The Morgan fingerprint density at radius 2 is 1.68 bits per heavy atom. The summed E-state index contributed by atoms with van der Waals surface area (Å²) in [7, 11) is 2.25. The van der Waals surface area contributed by atoms with Gasteiger partial charge in [-0.15, -0.1) is 0 Å². The summed E-state index contributed by atoms with van der Waals surface area (Å²) in [6.07, 6.45) is 9.10. The first-order valence-corrected chi connectivity index (χ1v) is 11.2. The average Bonchev–Trinajstić information content (AvgIpc) is 3.19. The van der Waals surface area contributed by atoms with Gasteiger partial charge in [0.05, 0.1) is 0 Å². The van der Waals surface area contributed by atoms with E-state index in [0.717, 1.165) is 12.5 Å². The third kappa shape index (κ3) is 4.50. The van der Waals surface area contributed by atoms with Gasteiger partial charge in [-0.3, -0.25) is 0 Å². The molecule has 1 heterocycles. The highest BCUT2D eigenvalue weighted by Crippen LogP contribution is 2.40. The molecule has 1 aliphatic carbocycles. The van der Waals surface area contributed by atoms with Crippen molar-refractivity contribution in [1.82, 2.24) is 10.2 Å². The number of rotatable bonds is 6. The normalized spacial score (nSPS) is 20.5. The van der Waals surface area contributed by atoms with E-state index in [1.807, 2.05) is 0 Å². The molecule has 1 N–H and O–H groups in total. The third-order valence-corrected chi connectivity index (χ3v) is 7.10. The minimum Gasteiger partial charge on any atom is -0.306 e. The highest BCUT2D eigenvalue weighted by Gasteiger charge is 2.35. The second-order valence-corrected chi connectivity index (χ2v) is 9.23. The quantitative estimate of drug-likeness (QED) is 0.722. The summed E-state index contributed by atoms with van der Waals surface area (Å²) in [5, 5.41) is 4.00. The number of hydrogen-bond acceptors (Lipinski definition) is 2. The predicted octanol–water partition coefficient (Wildman–Crippen LogP) is 5.44. The molecule has 0 bridgehead atoms. The fourth-order valence-corrected chi connectivity index (χ4v) is 5.37. The molecule has 0 amide bonds. The van der Waals surface area contributed by atoms with Crippen LogP contribution in [0.15, 0.2) is 48.5 Å². The summed E-state index contributed by atoms with van der Waals surface area (Å²) in [4.78, 5) is 2.46. The van der Waals surface area contributed by atoms with Crippen LogP contribution in [0.5, 0.6) is 0 Å². The van der Waals surface area contributed by atoms with Gasteiger partial charge in [0.15, 0.2) is 0 Å². The SMILES string of the molecule is Cc1ccccc1C1(NCc2cccc(CC3CCN(C)CC3)c2)CCCC1. The van der Waals surface area contributed by atoms with E-state index < -0.39 is 0 Å². The molecule has 150 valence electrons. The van der Waals surface area contributed by atoms with Crippen molar-refractivity contribution in [3.63, 3.8) is 0 Å². The topological polar surface area (TPSA) is 15.3 Å². The van der Waals surface area contributed by atoms with Gasteiger partial charge in [0.1, 0.15) is 0 Å². The van der Waals surface area contributed by atoms with Crippen LogP contribution in [0.2, 0.25) is 0 Å². The number of hydrogen-bond donors (Lipinski definition) is 1. The van der Waals surface area contributed by atoms with E-state index in [4.69, 9.17) is 0 Å². The molecule has 0 atom stereocenters. The number of nitrogens with one attached hydrogen (secondary N) is 1. The van der Waals surface area contributed by atoms with E-state index in [1.165, 1.54) is 80.3 Å². The Hall–Kier alpha value is -1.64. The van der Waals surface area contributed by atoms with Crippen LogP contribution in [-0.4, -0.2) is 25.0 Å². The van der Waals surface area contributed by atoms with E-state index in [1.54, 1.807) is 0 Å². The zero-order valence-corrected chi connectivity index (χ0v) is 17.7. The van der Waals surface area contributed by atoms with E-state index in [-0.39, 0.29) is 5.54 Å². The van der Waals surface area contributed by atoms with Gasteiger partial charge < -0.3 is 10.2 Å². The second kappa shape index (κ2) is 8.80. The maximum Gasteiger partial charge on any atom is 0.0439 e. The maximum absolute atomic E-state index is 4.00. The Morgan fingerprint density at radius 1 is 0.964 bits per heavy atom. The van der Waals surface area contributed by atoms with Crippen LogP contribution in [0.4, 0.5) is 0 Å². The summed E-state index contributed by atoms with van der Waals surface area (Å²) < 4.78 is 0. The van der Waals surface area contributed by atoms with Crippen LogP contribution >= 0.6 is 0 Å². The molecule has 0 radical (unpaired) electrons. The molecule has 2 aromatic rings. The highest BCUT2D eigenvalue weighted by atomic mass is 15.1. The lowest BCUT2D eigenvalue weighted by atomic mass is 9.85. The van der Waals surface area contributed by atoms with E-state index in [0.29, 0.717) is 0 Å². The lowest BCUT2D eigenvalue weighted by Crippen LogP contribution is -2.40. The van der Waals surface area contributed by atoms with Gasteiger partial charge in [-0.25, -0.2) is 0 Å². The zero-order chi connectivity index (χ0) is 19.4. The second-order valence-electron chi connectivity index (χ2n) is 9.23. The molecule has 1 saturated heterocycles. The maximum atomic E-state index is 4.00. The number of piperidine rings is 1. The summed E-state index contributed by atoms with van der Waals surface area (Å²) in [5.41, 5.74) is 6.05. The number of nitrogens with zero attached hydrogens (tertiary/aromatic N) is 1. The third-order valence-electron chi connectivity index (χ3n) is 7.10. The van der Waals surface area contributed by atoms with Crippen LogP contribution in [0.1, 0.15) is 60.8 Å².